The molecule has 0 spiro atoms. The number of pyridine rings is 1. The first-order valence-electron chi connectivity index (χ1n) is 10.2. The Balaban J connectivity index is 1.70. The summed E-state index contributed by atoms with van der Waals surface area (Å²) in [6, 6.07) is 6.92. The van der Waals surface area contributed by atoms with Crippen molar-refractivity contribution in [2.75, 3.05) is 25.1 Å². The Morgan fingerprint density at radius 3 is 2.78 bits per heavy atom. The maximum Gasteiger partial charge on any atom is 0.295 e. The molecule has 4 rings (SSSR count). The topological polar surface area (TPSA) is 97.7 Å². The summed E-state index contributed by atoms with van der Waals surface area (Å²) < 4.78 is 33.9. The number of aromatic nitrogens is 5. The van der Waals surface area contributed by atoms with Crippen LogP contribution in [0.3, 0.4) is 0 Å². The fourth-order valence-electron chi connectivity index (χ4n) is 3.29. The number of hydrogen-bond acceptors (Lipinski definition) is 6. The van der Waals surface area contributed by atoms with Crippen LogP contribution in [-0.2, 0) is 17.7 Å². The van der Waals surface area contributed by atoms with Crippen molar-refractivity contribution >= 4 is 17.0 Å². The van der Waals surface area contributed by atoms with E-state index in [0.717, 1.165) is 17.8 Å². The highest BCUT2D eigenvalue weighted by Gasteiger charge is 2.14. The lowest BCUT2D eigenvalue weighted by Crippen LogP contribution is -2.28. The predicted molar refractivity (Wildman–Crippen MR) is 116 cm³/mol. The Bertz CT molecular complexity index is 1270. The van der Waals surface area contributed by atoms with Gasteiger partial charge in [-0.15, -0.1) is 0 Å². The number of nitrogens with zero attached hydrogens (tertiary/aromatic N) is 4. The molecule has 0 aliphatic rings. The number of rotatable bonds is 9. The first kappa shape index (κ1) is 21.6. The van der Waals surface area contributed by atoms with Gasteiger partial charge in [0.25, 0.3) is 5.56 Å². The number of imidazole rings is 1. The monoisotopic (exact) mass is 440 g/mol. The molecule has 8 nitrogen and oxygen atoms in total. The maximum atomic E-state index is 13.7. The zero-order chi connectivity index (χ0) is 22.5. The highest BCUT2D eigenvalue weighted by Crippen LogP contribution is 2.22. The zero-order valence-electron chi connectivity index (χ0n) is 17.4. The largest absolute Gasteiger partial charge is 0.380 e. The highest BCUT2D eigenvalue weighted by atomic mass is 19.2. The highest BCUT2D eigenvalue weighted by molar-refractivity contribution is 5.76. The standard InChI is InChI=1S/C22H22F2N6O2/c1-2-32-10-9-30-21-19(6-5-18(29-21)14-3-4-16(23)17(24)11-14)28-20(22(30)31)26-8-7-15-12-25-13-27-15/h3-6,11-13H,2,7-10H2,1H3,(H,25,27)(H,26,28). The van der Waals surface area contributed by atoms with E-state index in [9.17, 15) is 13.6 Å². The van der Waals surface area contributed by atoms with Crippen LogP contribution in [0, 0.1) is 11.6 Å². The average Bonchev–Trinajstić information content (AvgIpc) is 3.31. The van der Waals surface area contributed by atoms with Crippen LogP contribution in [0.1, 0.15) is 12.6 Å². The normalized spacial score (nSPS) is 11.2. The summed E-state index contributed by atoms with van der Waals surface area (Å²) in [6.45, 7) is 3.45. The lowest BCUT2D eigenvalue weighted by molar-refractivity contribution is 0.139. The number of ether oxygens (including phenoxy) is 1. The molecule has 0 atom stereocenters. The minimum absolute atomic E-state index is 0.201. The third-order valence-electron chi connectivity index (χ3n) is 4.90. The van der Waals surface area contributed by atoms with E-state index in [1.54, 1.807) is 24.7 Å². The molecule has 0 saturated carbocycles. The van der Waals surface area contributed by atoms with Crippen molar-refractivity contribution in [2.45, 2.75) is 19.9 Å². The fourth-order valence-corrected chi connectivity index (χ4v) is 3.29. The molecule has 0 saturated heterocycles. The number of halogens is 2. The number of aromatic amines is 1. The second-order valence-electron chi connectivity index (χ2n) is 7.02. The molecule has 4 aromatic rings. The van der Waals surface area contributed by atoms with Crippen LogP contribution in [0.25, 0.3) is 22.4 Å². The van der Waals surface area contributed by atoms with Crippen molar-refractivity contribution in [3.8, 4) is 11.3 Å². The van der Waals surface area contributed by atoms with Crippen LogP contribution in [0.2, 0.25) is 0 Å². The molecule has 0 aliphatic carbocycles. The molecule has 0 amide bonds. The van der Waals surface area contributed by atoms with Gasteiger partial charge in [0.2, 0.25) is 0 Å². The first-order chi connectivity index (χ1) is 15.6. The maximum absolute atomic E-state index is 13.7. The van der Waals surface area contributed by atoms with Crippen LogP contribution < -0.4 is 10.9 Å². The number of H-pyrrole nitrogens is 1. The van der Waals surface area contributed by atoms with Crippen LogP contribution in [0.5, 0.6) is 0 Å². The predicted octanol–water partition coefficient (Wildman–Crippen LogP) is 3.15. The first-order valence-corrected chi connectivity index (χ1v) is 10.2. The molecule has 10 heteroatoms. The second-order valence-corrected chi connectivity index (χ2v) is 7.02. The van der Waals surface area contributed by atoms with E-state index >= 15 is 0 Å². The average molecular weight is 440 g/mol. The van der Waals surface area contributed by atoms with E-state index in [4.69, 9.17) is 4.74 Å². The number of nitrogens with one attached hydrogen (secondary N) is 2. The quantitative estimate of drug-likeness (QED) is 0.388. The summed E-state index contributed by atoms with van der Waals surface area (Å²) in [5.41, 5.74) is 2.17. The summed E-state index contributed by atoms with van der Waals surface area (Å²) in [4.78, 5) is 29.1. The van der Waals surface area contributed by atoms with Gasteiger partial charge >= 0.3 is 0 Å². The summed E-state index contributed by atoms with van der Waals surface area (Å²) in [6.07, 6.45) is 4.01. The van der Waals surface area contributed by atoms with E-state index in [-0.39, 0.29) is 17.9 Å². The van der Waals surface area contributed by atoms with E-state index in [1.165, 1.54) is 10.6 Å². The molecule has 0 fully saturated rings. The number of anilines is 1. The molecule has 3 heterocycles. The van der Waals surface area contributed by atoms with E-state index < -0.39 is 11.6 Å². The van der Waals surface area contributed by atoms with Crippen molar-refractivity contribution in [2.24, 2.45) is 0 Å². The number of fused-ring (bicyclic) bond motifs is 1. The van der Waals surface area contributed by atoms with Gasteiger partial charge in [-0.25, -0.2) is 23.7 Å². The minimum atomic E-state index is -0.965. The van der Waals surface area contributed by atoms with Gasteiger partial charge in [0.1, 0.15) is 5.52 Å². The Morgan fingerprint density at radius 2 is 2.03 bits per heavy atom. The van der Waals surface area contributed by atoms with E-state index in [1.807, 2.05) is 6.92 Å². The summed E-state index contributed by atoms with van der Waals surface area (Å²) >= 11 is 0. The lowest BCUT2D eigenvalue weighted by atomic mass is 10.1. The van der Waals surface area contributed by atoms with Crippen LogP contribution >= 0.6 is 0 Å². The Hall–Kier alpha value is -3.66. The molecule has 1 aromatic carbocycles. The fraction of sp³-hybridized carbons (Fsp3) is 0.273. The molecule has 0 unspecified atom stereocenters. The molecular weight excluding hydrogens is 418 g/mol. The van der Waals surface area contributed by atoms with Crippen molar-refractivity contribution < 1.29 is 13.5 Å². The summed E-state index contributed by atoms with van der Waals surface area (Å²) in [5, 5.41) is 3.08. The molecule has 2 N–H and O–H groups in total. The van der Waals surface area contributed by atoms with Crippen LogP contribution in [-0.4, -0.2) is 44.3 Å². The number of benzene rings is 1. The van der Waals surface area contributed by atoms with Gasteiger partial charge in [-0.3, -0.25) is 9.36 Å². The van der Waals surface area contributed by atoms with Gasteiger partial charge in [0.15, 0.2) is 23.1 Å². The van der Waals surface area contributed by atoms with Crippen LogP contribution in [0.4, 0.5) is 14.6 Å². The smallest absolute Gasteiger partial charge is 0.295 e. The van der Waals surface area contributed by atoms with Crippen LogP contribution in [0.15, 0.2) is 47.7 Å². The third-order valence-corrected chi connectivity index (χ3v) is 4.90. The minimum Gasteiger partial charge on any atom is -0.380 e. The van der Waals surface area contributed by atoms with Gasteiger partial charge in [-0.05, 0) is 37.3 Å². The SMILES string of the molecule is CCOCCn1c(=O)c(NCCc2c[nH]cn2)nc2ccc(-c3ccc(F)c(F)c3)nc21. The van der Waals surface area contributed by atoms with Gasteiger partial charge in [0, 0.05) is 31.3 Å². The molecule has 32 heavy (non-hydrogen) atoms. The molecule has 3 aromatic heterocycles. The lowest BCUT2D eigenvalue weighted by Gasteiger charge is -2.13. The second kappa shape index (κ2) is 9.65. The van der Waals surface area contributed by atoms with Gasteiger partial charge in [-0.1, -0.05) is 0 Å². The Kier molecular flexibility index (Phi) is 6.50. The van der Waals surface area contributed by atoms with Crippen molar-refractivity contribution in [1.29, 1.82) is 0 Å². The van der Waals surface area contributed by atoms with Crippen molar-refractivity contribution in [1.82, 2.24) is 24.5 Å². The Morgan fingerprint density at radius 1 is 1.16 bits per heavy atom. The van der Waals surface area contributed by atoms with E-state index in [2.05, 4.69) is 25.3 Å². The molecule has 166 valence electrons. The zero-order valence-corrected chi connectivity index (χ0v) is 17.4. The van der Waals surface area contributed by atoms with Gasteiger partial charge < -0.3 is 15.0 Å². The molecule has 0 aliphatic heterocycles. The molecular formula is C22H22F2N6O2. The number of hydrogen-bond donors (Lipinski definition) is 2. The van der Waals surface area contributed by atoms with Gasteiger partial charge in [-0.2, -0.15) is 0 Å². The summed E-state index contributed by atoms with van der Waals surface area (Å²) in [7, 11) is 0. The third kappa shape index (κ3) is 4.65. The summed E-state index contributed by atoms with van der Waals surface area (Å²) in [5.74, 6) is -1.70. The van der Waals surface area contributed by atoms with Crippen molar-refractivity contribution in [3.63, 3.8) is 0 Å². The molecule has 0 bridgehead atoms. The van der Waals surface area contributed by atoms with E-state index in [0.29, 0.717) is 48.6 Å². The van der Waals surface area contributed by atoms with Gasteiger partial charge in [0.05, 0.1) is 30.9 Å². The Labute approximate surface area is 182 Å². The van der Waals surface area contributed by atoms with Crippen molar-refractivity contribution in [3.05, 3.63) is 70.5 Å². The molecule has 0 radical (unpaired) electrons.